The molecular weight excluding hydrogens is 364 g/mol. The number of hydrogen-bond donors (Lipinski definition) is 0. The molecule has 1 saturated heterocycles. The molecule has 0 radical (unpaired) electrons. The summed E-state index contributed by atoms with van der Waals surface area (Å²) in [6.45, 7) is 4.03. The van der Waals surface area contributed by atoms with Crippen LogP contribution in [0.1, 0.15) is 11.3 Å². The maximum Gasteiger partial charge on any atom is 0.228 e. The van der Waals surface area contributed by atoms with Crippen LogP contribution in [0.3, 0.4) is 0 Å². The van der Waals surface area contributed by atoms with Gasteiger partial charge < -0.3 is 9.64 Å². The second-order valence-electron chi connectivity index (χ2n) is 7.09. The Labute approximate surface area is 170 Å². The Morgan fingerprint density at radius 2 is 1.72 bits per heavy atom. The van der Waals surface area contributed by atoms with Crippen molar-refractivity contribution in [3.8, 4) is 11.5 Å². The van der Waals surface area contributed by atoms with Crippen LogP contribution in [0.5, 0.6) is 11.5 Å². The molecule has 1 amide bonds. The molecule has 6 heteroatoms. The minimum Gasteiger partial charge on any atom is -0.457 e. The monoisotopic (exact) mass is 388 g/mol. The molecule has 1 aromatic heterocycles. The van der Waals surface area contributed by atoms with Crippen molar-refractivity contribution < 1.29 is 9.53 Å². The maximum atomic E-state index is 12.5. The van der Waals surface area contributed by atoms with Crippen molar-refractivity contribution >= 4 is 5.91 Å². The van der Waals surface area contributed by atoms with Gasteiger partial charge in [0.25, 0.3) is 0 Å². The normalized spacial score (nSPS) is 14.6. The van der Waals surface area contributed by atoms with Crippen LogP contribution in [0.2, 0.25) is 0 Å². The lowest BCUT2D eigenvalue weighted by atomic mass is 10.1. The van der Waals surface area contributed by atoms with E-state index in [0.29, 0.717) is 6.42 Å². The molecule has 0 spiro atoms. The highest BCUT2D eigenvalue weighted by Gasteiger charge is 2.21. The average Bonchev–Trinajstić information content (AvgIpc) is 2.76. The van der Waals surface area contributed by atoms with Gasteiger partial charge in [-0.25, -0.2) is 0 Å². The van der Waals surface area contributed by atoms with Crippen LogP contribution in [-0.2, 0) is 17.8 Å². The summed E-state index contributed by atoms with van der Waals surface area (Å²) in [7, 11) is 0. The zero-order valence-electron chi connectivity index (χ0n) is 16.3. The van der Waals surface area contributed by atoms with Gasteiger partial charge in [0.05, 0.1) is 12.1 Å². The van der Waals surface area contributed by atoms with Crippen LogP contribution in [0.4, 0.5) is 0 Å². The van der Waals surface area contributed by atoms with E-state index >= 15 is 0 Å². The zero-order valence-corrected chi connectivity index (χ0v) is 16.3. The van der Waals surface area contributed by atoms with Crippen molar-refractivity contribution in [1.29, 1.82) is 0 Å². The second-order valence-corrected chi connectivity index (χ2v) is 7.09. The predicted octanol–water partition coefficient (Wildman–Crippen LogP) is 3.16. The molecule has 0 unspecified atom stereocenters. The van der Waals surface area contributed by atoms with Crippen molar-refractivity contribution in [1.82, 2.24) is 19.8 Å². The molecule has 2 heterocycles. The summed E-state index contributed by atoms with van der Waals surface area (Å²) in [5.41, 5.74) is 1.92. The summed E-state index contributed by atoms with van der Waals surface area (Å²) in [4.78, 5) is 25.0. The molecule has 1 aliphatic rings. The van der Waals surface area contributed by atoms with Crippen LogP contribution in [0.15, 0.2) is 73.2 Å². The second kappa shape index (κ2) is 9.30. The first kappa shape index (κ1) is 19.1. The topological polar surface area (TPSA) is 58.6 Å². The quantitative estimate of drug-likeness (QED) is 0.649. The van der Waals surface area contributed by atoms with Gasteiger partial charge in [-0.15, -0.1) is 0 Å². The van der Waals surface area contributed by atoms with Crippen molar-refractivity contribution in [2.75, 3.05) is 26.2 Å². The van der Waals surface area contributed by atoms with Gasteiger partial charge in [0.1, 0.15) is 11.5 Å². The summed E-state index contributed by atoms with van der Waals surface area (Å²) in [6.07, 6.45) is 5.20. The molecule has 29 heavy (non-hydrogen) atoms. The first-order valence-corrected chi connectivity index (χ1v) is 9.83. The highest BCUT2D eigenvalue weighted by Crippen LogP contribution is 2.22. The van der Waals surface area contributed by atoms with Gasteiger partial charge >= 0.3 is 0 Å². The largest absolute Gasteiger partial charge is 0.457 e. The minimum absolute atomic E-state index is 0.114. The van der Waals surface area contributed by atoms with Crippen molar-refractivity contribution in [3.63, 3.8) is 0 Å². The van der Waals surface area contributed by atoms with Gasteiger partial charge in [0, 0.05) is 51.3 Å². The predicted molar refractivity (Wildman–Crippen MR) is 111 cm³/mol. The fraction of sp³-hybridized carbons (Fsp3) is 0.261. The fourth-order valence-corrected chi connectivity index (χ4v) is 3.43. The molecule has 1 aliphatic heterocycles. The molecular formula is C23H24N4O2. The van der Waals surface area contributed by atoms with Crippen LogP contribution >= 0.6 is 0 Å². The number of piperazine rings is 1. The van der Waals surface area contributed by atoms with E-state index in [1.807, 2.05) is 47.4 Å². The Balaban J connectivity index is 1.28. The van der Waals surface area contributed by atoms with Crippen molar-refractivity contribution in [2.24, 2.45) is 0 Å². The summed E-state index contributed by atoms with van der Waals surface area (Å²) in [5.74, 6) is 1.79. The maximum absolute atomic E-state index is 12.5. The lowest BCUT2D eigenvalue weighted by molar-refractivity contribution is -0.132. The summed E-state index contributed by atoms with van der Waals surface area (Å²) >= 11 is 0. The lowest BCUT2D eigenvalue weighted by Crippen LogP contribution is -2.48. The highest BCUT2D eigenvalue weighted by atomic mass is 16.5. The van der Waals surface area contributed by atoms with Gasteiger partial charge in [-0.05, 0) is 29.8 Å². The van der Waals surface area contributed by atoms with Crippen LogP contribution in [0.25, 0.3) is 0 Å². The molecule has 0 saturated carbocycles. The van der Waals surface area contributed by atoms with E-state index in [0.717, 1.165) is 49.9 Å². The van der Waals surface area contributed by atoms with E-state index in [9.17, 15) is 4.79 Å². The Morgan fingerprint density at radius 1 is 0.931 bits per heavy atom. The van der Waals surface area contributed by atoms with Gasteiger partial charge in [0.15, 0.2) is 0 Å². The average molecular weight is 388 g/mol. The SMILES string of the molecule is O=C(Cc1cnccn1)N1CCN(Cc2cccc(Oc3ccccc3)c2)CC1. The molecule has 0 aliphatic carbocycles. The summed E-state index contributed by atoms with van der Waals surface area (Å²) < 4.78 is 5.93. The molecule has 4 rings (SSSR count). The number of nitrogens with zero attached hydrogens (tertiary/aromatic N) is 4. The molecule has 3 aromatic rings. The Hall–Kier alpha value is -3.25. The summed E-state index contributed by atoms with van der Waals surface area (Å²) in [5, 5.41) is 0. The lowest BCUT2D eigenvalue weighted by Gasteiger charge is -2.34. The van der Waals surface area contributed by atoms with E-state index in [-0.39, 0.29) is 5.91 Å². The molecule has 1 fully saturated rings. The minimum atomic E-state index is 0.114. The number of amides is 1. The number of rotatable bonds is 6. The Morgan fingerprint density at radius 3 is 2.48 bits per heavy atom. The zero-order chi connectivity index (χ0) is 19.9. The third kappa shape index (κ3) is 5.39. The van der Waals surface area contributed by atoms with Gasteiger partial charge in [0.2, 0.25) is 5.91 Å². The van der Waals surface area contributed by atoms with E-state index in [4.69, 9.17) is 4.74 Å². The first-order valence-electron chi connectivity index (χ1n) is 9.83. The van der Waals surface area contributed by atoms with Crippen LogP contribution in [-0.4, -0.2) is 51.9 Å². The smallest absolute Gasteiger partial charge is 0.228 e. The van der Waals surface area contributed by atoms with E-state index in [1.165, 1.54) is 5.56 Å². The van der Waals surface area contributed by atoms with E-state index in [1.54, 1.807) is 18.6 Å². The van der Waals surface area contributed by atoms with E-state index in [2.05, 4.69) is 27.0 Å². The molecule has 0 bridgehead atoms. The molecule has 148 valence electrons. The standard InChI is InChI=1S/C23H24N4O2/c28-23(16-20-17-24-9-10-25-20)27-13-11-26(12-14-27)18-19-5-4-8-22(15-19)29-21-6-2-1-3-7-21/h1-10,15,17H,11-14,16,18H2. The Kier molecular flexibility index (Phi) is 6.12. The molecule has 6 nitrogen and oxygen atoms in total. The van der Waals surface area contributed by atoms with Crippen LogP contribution in [0, 0.1) is 0 Å². The van der Waals surface area contributed by atoms with Gasteiger partial charge in [-0.1, -0.05) is 30.3 Å². The number of carbonyl (C=O) groups is 1. The number of aromatic nitrogens is 2. The van der Waals surface area contributed by atoms with Crippen LogP contribution < -0.4 is 4.74 Å². The third-order valence-corrected chi connectivity index (χ3v) is 4.96. The van der Waals surface area contributed by atoms with Gasteiger partial charge in [-0.2, -0.15) is 0 Å². The fourth-order valence-electron chi connectivity index (χ4n) is 3.43. The number of ether oxygens (including phenoxy) is 1. The number of benzene rings is 2. The van der Waals surface area contributed by atoms with Crippen molar-refractivity contribution in [3.05, 3.63) is 84.4 Å². The molecule has 0 atom stereocenters. The first-order chi connectivity index (χ1) is 14.3. The number of carbonyl (C=O) groups excluding carboxylic acids is 1. The number of hydrogen-bond acceptors (Lipinski definition) is 5. The summed E-state index contributed by atoms with van der Waals surface area (Å²) in [6, 6.07) is 18.0. The molecule has 2 aromatic carbocycles. The Bertz CT molecular complexity index is 926. The number of para-hydroxylation sites is 1. The molecule has 0 N–H and O–H groups in total. The van der Waals surface area contributed by atoms with E-state index < -0.39 is 0 Å². The highest BCUT2D eigenvalue weighted by molar-refractivity contribution is 5.78. The van der Waals surface area contributed by atoms with Crippen molar-refractivity contribution in [2.45, 2.75) is 13.0 Å². The van der Waals surface area contributed by atoms with Gasteiger partial charge in [-0.3, -0.25) is 19.7 Å². The third-order valence-electron chi connectivity index (χ3n) is 4.96.